The summed E-state index contributed by atoms with van der Waals surface area (Å²) < 4.78 is 167. The number of hydrogen-bond acceptors (Lipinski definition) is 19. The highest BCUT2D eigenvalue weighted by atomic mass is 19.2. The van der Waals surface area contributed by atoms with E-state index in [0.29, 0.717) is 89.4 Å². The minimum atomic E-state index is -1.33. The molecule has 0 aliphatic carbocycles. The Morgan fingerprint density at radius 3 is 1.01 bits per heavy atom. The van der Waals surface area contributed by atoms with Gasteiger partial charge in [0, 0.05) is 165 Å². The fourth-order valence-corrected chi connectivity index (χ4v) is 18.0. The molecule has 11 aromatic rings. The van der Waals surface area contributed by atoms with Crippen molar-refractivity contribution in [1.82, 2.24) is 59.1 Å². The van der Waals surface area contributed by atoms with Gasteiger partial charge in [-0.25, -0.2) is 43.9 Å². The first-order valence-electron chi connectivity index (χ1n) is 47.0. The molecule has 2 unspecified atom stereocenters. The standard InChI is InChI=1S/C27H24F3N3O4.C27H25F2N3O5.C27H23F2N3O5.C20H18F3N3O4.C2H6.CH4O/c28-18-9-8-17(21(30)11-18)12-31-26(35)19-13-33-22-14-32(10-4-7-20(22)29)27(36)23(33)25(24(19)34)37-15-16-5-2-1-3-6-16;2*28-18-9-8-17(20(29)11-18)12-30-26(35)19-13-32-21-14-31(10-4-7-22(21)33)27(36)23(32)25(24(19)34)37-15-16-5-2-1-3-6-16;21-11-4-3-10(14(23)6-11)7-24-19(29)12-8-26-15-9-25(5-1-2-13(15)22)20(30)16(26)18(28)17(12)27;2*1-2/h1-3,5-6,8-9,11,13,20,22H,4,7,10,12,14-15H2,(H,31,35);1-3,5-6,8-9,11,13,21-22,33H,4,7,10,12,14-15H2,(H,30,35);1-3,5-6,8-9,11,13,21H,4,7,10,12,14-15H2,(H,30,35);3-4,6,8,13,15,28H,1-2,5,7,9H2,(H,24,29);1-2H3;2H,1H3/t20?,22-;21-,22-;21-;13?,15-;;/m0000../s1/i;;;;1D;. The van der Waals surface area contributed by atoms with Crippen molar-refractivity contribution in [3.8, 4) is 23.0 Å². The summed E-state index contributed by atoms with van der Waals surface area (Å²) in [6, 6.07) is 35.7. The summed E-state index contributed by atoms with van der Waals surface area (Å²) in [4.78, 5) is 176. The number of Topliss-reactive ketones (excluding diaryl/α,β-unsaturated/α-hetero) is 1. The molecule has 8 aliphatic heterocycles. The Kier molecular flexibility index (Phi) is 33.5. The van der Waals surface area contributed by atoms with Gasteiger partial charge in [-0.3, -0.25) is 62.3 Å². The minimum Gasteiger partial charge on any atom is -0.503 e. The van der Waals surface area contributed by atoms with E-state index in [-0.39, 0.29) is 176 Å². The molecule has 0 spiro atoms. The predicted molar refractivity (Wildman–Crippen MR) is 504 cm³/mol. The number of benzene rings is 7. The van der Waals surface area contributed by atoms with Crippen LogP contribution in [0.3, 0.4) is 0 Å². The molecule has 4 aromatic heterocycles. The molecule has 8 aliphatic rings. The molecule has 7 atom stereocenters. The molecule has 760 valence electrons. The second-order valence-corrected chi connectivity index (χ2v) is 34.7. The van der Waals surface area contributed by atoms with Gasteiger partial charge in [-0.15, -0.1) is 0 Å². The van der Waals surface area contributed by atoms with E-state index < -0.39 is 169 Å². The number of ketones is 1. The molecular formula is C104H100F10N12O19. The third-order valence-electron chi connectivity index (χ3n) is 25.5. The number of amides is 8. The lowest BCUT2D eigenvalue weighted by Gasteiger charge is -2.36. The van der Waals surface area contributed by atoms with E-state index in [0.717, 1.165) is 64.9 Å². The van der Waals surface area contributed by atoms with E-state index in [2.05, 4.69) is 21.3 Å². The number of aromatic nitrogens is 4. The summed E-state index contributed by atoms with van der Waals surface area (Å²) in [5.74, 6) is -13.8. The number of nitrogens with one attached hydrogen (secondary N) is 4. The summed E-state index contributed by atoms with van der Waals surface area (Å²) >= 11 is 0. The smallest absolute Gasteiger partial charge is 0.274 e. The number of fused-ring (bicyclic) bond motifs is 16. The topological polar surface area (TPSA) is 391 Å². The van der Waals surface area contributed by atoms with Crippen LogP contribution in [0.5, 0.6) is 23.0 Å². The van der Waals surface area contributed by atoms with E-state index in [9.17, 15) is 112 Å². The first-order chi connectivity index (χ1) is 70.2. The molecular weight excluding hydrogens is 1910 g/mol. The number of ether oxygens (including phenoxy) is 3. The van der Waals surface area contributed by atoms with Crippen LogP contribution in [-0.4, -0.2) is 184 Å². The SMILES string of the molecule is CO.O=C(NCc1ccc(F)cc1F)c1cn2c(c(O)c1=O)C(=O)N1CCCC(F)[C@@H]2C1.O=C(NCc1ccc(F)cc1F)c1cn2c(c(OCc3ccccc3)c1=O)C(=O)N1CCCC(=O)[C@@H]2C1.O=C(NCc1ccc(F)cc1F)c1cn2c(c(OCc3ccccc3)c1=O)C(=O)N1CCCC(F)[C@@H]2C1.O=C(NCc1ccc(F)cc1F)c1cn2c(c(OCc3ccccc3)c1=O)C(=O)N1CCC[C@H](O)[C@@H]2C1.[2H]CC. The Bertz CT molecular complexity index is 6830. The average Bonchev–Trinajstić information content (AvgIpc) is 1.18. The molecule has 19 rings (SSSR count). The van der Waals surface area contributed by atoms with Gasteiger partial charge in [-0.1, -0.05) is 129 Å². The van der Waals surface area contributed by atoms with Crippen molar-refractivity contribution in [2.45, 2.75) is 154 Å². The normalized spacial score (nSPS) is 18.2. The fourth-order valence-electron chi connectivity index (χ4n) is 18.0. The zero-order valence-corrected chi connectivity index (χ0v) is 78.1. The third kappa shape index (κ3) is 23.4. The number of carbonyl (C=O) groups is 9. The van der Waals surface area contributed by atoms with Gasteiger partial charge in [-0.05, 0) is 85.9 Å². The van der Waals surface area contributed by atoms with Crippen LogP contribution in [0.2, 0.25) is 0 Å². The number of nitrogens with zero attached hydrogens (tertiary/aromatic N) is 8. The molecule has 8 amide bonds. The van der Waals surface area contributed by atoms with E-state index in [1.165, 1.54) is 65.2 Å². The second-order valence-electron chi connectivity index (χ2n) is 34.7. The largest absolute Gasteiger partial charge is 0.503 e. The number of pyridine rings is 4. The molecule has 7 N–H and O–H groups in total. The highest BCUT2D eigenvalue weighted by Gasteiger charge is 2.46. The van der Waals surface area contributed by atoms with Crippen molar-refractivity contribution in [2.24, 2.45) is 0 Å². The van der Waals surface area contributed by atoms with Gasteiger partial charge in [0.2, 0.25) is 21.7 Å². The van der Waals surface area contributed by atoms with E-state index >= 15 is 4.39 Å². The number of hydrogen-bond donors (Lipinski definition) is 7. The van der Waals surface area contributed by atoms with Crippen LogP contribution < -0.4 is 57.2 Å². The van der Waals surface area contributed by atoms with Gasteiger partial charge in [-0.2, -0.15) is 0 Å². The molecule has 0 radical (unpaired) electrons. The lowest BCUT2D eigenvalue weighted by atomic mass is 10.0. The molecule has 4 saturated heterocycles. The Labute approximate surface area is 822 Å². The van der Waals surface area contributed by atoms with Gasteiger partial charge >= 0.3 is 0 Å². The van der Waals surface area contributed by atoms with Gasteiger partial charge in [0.1, 0.15) is 107 Å². The Morgan fingerprint density at radius 2 is 0.662 bits per heavy atom. The Morgan fingerprint density at radius 1 is 0.379 bits per heavy atom. The molecule has 8 bridgehead atoms. The Balaban J connectivity index is 0.000000152. The van der Waals surface area contributed by atoms with Gasteiger partial charge in [0.05, 0.1) is 24.2 Å². The molecule has 4 fully saturated rings. The zero-order chi connectivity index (χ0) is 105. The molecule has 12 heterocycles. The summed E-state index contributed by atoms with van der Waals surface area (Å²) in [6.07, 6.45) is 4.42. The summed E-state index contributed by atoms with van der Waals surface area (Å²) in [5, 5.41) is 37.9. The van der Waals surface area contributed by atoms with Crippen LogP contribution in [0.1, 0.15) is 213 Å². The molecule has 31 nitrogen and oxygen atoms in total. The number of rotatable bonds is 21. The van der Waals surface area contributed by atoms with Crippen LogP contribution in [0.25, 0.3) is 0 Å². The van der Waals surface area contributed by atoms with Crippen molar-refractivity contribution in [3.63, 3.8) is 0 Å². The molecule has 145 heavy (non-hydrogen) atoms. The number of aromatic hydroxyl groups is 1. The number of alkyl halides is 2. The highest BCUT2D eigenvalue weighted by Crippen LogP contribution is 2.39. The van der Waals surface area contributed by atoms with Crippen molar-refractivity contribution < 1.29 is 118 Å². The van der Waals surface area contributed by atoms with Crippen LogP contribution in [0.4, 0.5) is 43.9 Å². The third-order valence-corrected chi connectivity index (χ3v) is 25.5. The Hall–Kier alpha value is -15.8. The van der Waals surface area contributed by atoms with E-state index in [4.69, 9.17) is 20.7 Å². The maximum atomic E-state index is 15.1. The molecule has 0 saturated carbocycles. The molecule has 41 heteroatoms. The van der Waals surface area contributed by atoms with Crippen LogP contribution in [-0.2, 0) is 50.8 Å². The molecule has 7 aromatic carbocycles. The lowest BCUT2D eigenvalue weighted by Crippen LogP contribution is -2.47. The second kappa shape index (κ2) is 46.9. The quantitative estimate of drug-likeness (QED) is 0.0329. The first kappa shape index (κ1) is 104. The van der Waals surface area contributed by atoms with E-state index in [1.807, 2.05) is 18.2 Å². The number of carbonyl (C=O) groups excluding carboxylic acids is 9. The van der Waals surface area contributed by atoms with Crippen molar-refractivity contribution in [3.05, 3.63) is 360 Å². The number of aliphatic hydroxyl groups excluding tert-OH is 2. The van der Waals surface area contributed by atoms with Crippen LogP contribution >= 0.6 is 0 Å². The highest BCUT2D eigenvalue weighted by molar-refractivity contribution is 6.03. The number of halogens is 10. The van der Waals surface area contributed by atoms with Crippen LogP contribution in [0.15, 0.2) is 208 Å². The minimum absolute atomic E-state index is 0.00885. The van der Waals surface area contributed by atoms with Crippen molar-refractivity contribution >= 4 is 53.0 Å². The maximum Gasteiger partial charge on any atom is 0.274 e. The monoisotopic (exact) mass is 2010 g/mol. The van der Waals surface area contributed by atoms with E-state index in [1.54, 1.807) is 84.6 Å². The van der Waals surface area contributed by atoms with Gasteiger partial charge < -0.3 is 88.7 Å². The summed E-state index contributed by atoms with van der Waals surface area (Å²) in [6.45, 7) is 2.96. The van der Waals surface area contributed by atoms with Gasteiger partial charge in [0.25, 0.3) is 47.3 Å². The average molecular weight is 2010 g/mol. The number of aliphatic hydroxyl groups is 2. The zero-order valence-electron chi connectivity index (χ0n) is 79.1. The fraction of sp³-hybridized carbons (Fsp3) is 0.317. The van der Waals surface area contributed by atoms with Crippen molar-refractivity contribution in [1.29, 1.82) is 0 Å². The first-order valence-corrected chi connectivity index (χ1v) is 46.3. The maximum absolute atomic E-state index is 15.1. The van der Waals surface area contributed by atoms with Gasteiger partial charge in [0.15, 0.2) is 51.6 Å². The van der Waals surface area contributed by atoms with Crippen LogP contribution in [0, 0.1) is 46.5 Å². The lowest BCUT2D eigenvalue weighted by molar-refractivity contribution is -0.122. The summed E-state index contributed by atoms with van der Waals surface area (Å²) in [5.41, 5.74) is -3.30. The predicted octanol–water partition coefficient (Wildman–Crippen LogP) is 12.1. The summed E-state index contributed by atoms with van der Waals surface area (Å²) in [7, 11) is 1.00. The van der Waals surface area contributed by atoms with Crippen molar-refractivity contribution in [2.75, 3.05) is 59.5 Å².